The number of carbonyl (C=O) groups is 2. The number of likely N-dealkylation sites (tertiary alicyclic amines) is 1. The minimum Gasteiger partial charge on any atom is -0.497 e. The number of aliphatic hydroxyl groups excluding tert-OH is 1. The van der Waals surface area contributed by atoms with Crippen LogP contribution in [0, 0.1) is 5.92 Å². The number of ether oxygens (including phenoxy) is 3. The molecule has 1 N–H and O–H groups in total. The Bertz CT molecular complexity index is 814. The zero-order valence-electron chi connectivity index (χ0n) is 16.9. The lowest BCUT2D eigenvalue weighted by molar-refractivity contribution is -0.211. The van der Waals surface area contributed by atoms with Crippen LogP contribution in [0.25, 0.3) is 0 Å². The second-order valence-corrected chi connectivity index (χ2v) is 6.96. The number of amides is 1. The van der Waals surface area contributed by atoms with Crippen LogP contribution in [0.15, 0.2) is 48.5 Å². The fourth-order valence-corrected chi connectivity index (χ4v) is 3.62. The lowest BCUT2D eigenvalue weighted by atomic mass is 9.85. The Kier molecular flexibility index (Phi) is 6.08. The molecule has 1 saturated heterocycles. The van der Waals surface area contributed by atoms with Crippen LogP contribution >= 0.6 is 0 Å². The number of hydrogen-bond acceptors (Lipinski definition) is 6. The molecule has 3 rings (SSSR count). The number of benzene rings is 2. The molecular formula is C22H25NO6. The van der Waals surface area contributed by atoms with Gasteiger partial charge >= 0.3 is 5.97 Å². The van der Waals surface area contributed by atoms with Crippen LogP contribution in [0.2, 0.25) is 0 Å². The first kappa shape index (κ1) is 20.7. The summed E-state index contributed by atoms with van der Waals surface area (Å²) in [6, 6.07) is 14.2. The highest BCUT2D eigenvalue weighted by Crippen LogP contribution is 2.42. The Hall–Kier alpha value is -3.06. The Morgan fingerprint density at radius 2 is 1.41 bits per heavy atom. The molecule has 1 amide bonds. The number of rotatable bonds is 7. The van der Waals surface area contributed by atoms with E-state index in [9.17, 15) is 14.7 Å². The maximum absolute atomic E-state index is 13.0. The number of methoxy groups -OCH3 is 2. The number of aliphatic hydroxyl groups is 1. The molecule has 3 unspecified atom stereocenters. The predicted octanol–water partition coefficient (Wildman–Crippen LogP) is 2.52. The molecule has 7 heteroatoms. The van der Waals surface area contributed by atoms with Crippen molar-refractivity contribution in [3.05, 3.63) is 59.7 Å². The maximum atomic E-state index is 13.0. The van der Waals surface area contributed by atoms with Crippen molar-refractivity contribution in [2.75, 3.05) is 14.2 Å². The highest BCUT2D eigenvalue weighted by atomic mass is 16.6. The second-order valence-electron chi connectivity index (χ2n) is 6.96. The standard InChI is InChI=1S/C22H25NO6/c1-13(24)19-21(26)23(22(19)29-14(2)25)20(15-5-9-17(27-3)10-6-15)16-7-11-18(28-4)12-8-16/h5-13,19-20,22,24H,1-4H3. The summed E-state index contributed by atoms with van der Waals surface area (Å²) in [6.07, 6.45) is -1.79. The van der Waals surface area contributed by atoms with E-state index in [2.05, 4.69) is 0 Å². The van der Waals surface area contributed by atoms with Crippen LogP contribution in [0.1, 0.15) is 31.0 Å². The fraction of sp³-hybridized carbons (Fsp3) is 0.364. The minimum atomic E-state index is -0.935. The summed E-state index contributed by atoms with van der Waals surface area (Å²) >= 11 is 0. The summed E-state index contributed by atoms with van der Waals surface area (Å²) < 4.78 is 15.9. The Morgan fingerprint density at radius 1 is 0.966 bits per heavy atom. The molecule has 0 radical (unpaired) electrons. The summed E-state index contributed by atoms with van der Waals surface area (Å²) in [5.74, 6) is -0.201. The number of nitrogens with zero attached hydrogens (tertiary/aromatic N) is 1. The molecule has 2 aromatic carbocycles. The molecule has 3 atom stereocenters. The molecule has 0 spiro atoms. The zero-order chi connectivity index (χ0) is 21.1. The van der Waals surface area contributed by atoms with Gasteiger partial charge in [0.15, 0.2) is 6.23 Å². The van der Waals surface area contributed by atoms with Gasteiger partial charge in [-0.2, -0.15) is 0 Å². The van der Waals surface area contributed by atoms with Gasteiger partial charge in [0.1, 0.15) is 17.4 Å². The molecule has 0 aromatic heterocycles. The molecule has 2 aromatic rings. The maximum Gasteiger partial charge on any atom is 0.304 e. The van der Waals surface area contributed by atoms with Crippen molar-refractivity contribution < 1.29 is 28.9 Å². The minimum absolute atomic E-state index is 0.275. The molecule has 7 nitrogen and oxygen atoms in total. The van der Waals surface area contributed by atoms with Crippen LogP contribution in [0.5, 0.6) is 11.5 Å². The van der Waals surface area contributed by atoms with Crippen molar-refractivity contribution in [1.29, 1.82) is 0 Å². The molecule has 0 saturated carbocycles. The normalized spacial score (nSPS) is 19.5. The van der Waals surface area contributed by atoms with Crippen molar-refractivity contribution in [2.24, 2.45) is 5.92 Å². The average Bonchev–Trinajstić information content (AvgIpc) is 2.71. The van der Waals surface area contributed by atoms with Crippen LogP contribution < -0.4 is 9.47 Å². The van der Waals surface area contributed by atoms with Gasteiger partial charge in [-0.15, -0.1) is 0 Å². The SMILES string of the molecule is COc1ccc(C(c2ccc(OC)cc2)N2C(=O)C(C(C)O)C2OC(C)=O)cc1. The van der Waals surface area contributed by atoms with Crippen molar-refractivity contribution in [1.82, 2.24) is 4.90 Å². The molecule has 1 aliphatic rings. The molecule has 29 heavy (non-hydrogen) atoms. The molecule has 0 aliphatic carbocycles. The van der Waals surface area contributed by atoms with Gasteiger partial charge in [0, 0.05) is 6.92 Å². The predicted molar refractivity (Wildman–Crippen MR) is 105 cm³/mol. The van der Waals surface area contributed by atoms with E-state index in [0.717, 1.165) is 11.1 Å². The highest BCUT2D eigenvalue weighted by Gasteiger charge is 2.55. The van der Waals surface area contributed by atoms with Crippen LogP contribution in [0.3, 0.4) is 0 Å². The smallest absolute Gasteiger partial charge is 0.304 e. The van der Waals surface area contributed by atoms with Gasteiger partial charge in [0.25, 0.3) is 0 Å². The lowest BCUT2D eigenvalue weighted by Crippen LogP contribution is -2.66. The monoisotopic (exact) mass is 399 g/mol. The van der Waals surface area contributed by atoms with E-state index < -0.39 is 30.3 Å². The largest absolute Gasteiger partial charge is 0.497 e. The van der Waals surface area contributed by atoms with Gasteiger partial charge < -0.3 is 19.3 Å². The average molecular weight is 399 g/mol. The van der Waals surface area contributed by atoms with Crippen molar-refractivity contribution in [2.45, 2.75) is 32.2 Å². The van der Waals surface area contributed by atoms with Gasteiger partial charge in [0.2, 0.25) is 5.91 Å². The van der Waals surface area contributed by atoms with Gasteiger partial charge in [-0.05, 0) is 42.3 Å². The summed E-state index contributed by atoms with van der Waals surface area (Å²) in [5, 5.41) is 10.0. The first-order valence-corrected chi connectivity index (χ1v) is 9.32. The number of hydrogen-bond donors (Lipinski definition) is 1. The van der Waals surface area contributed by atoms with Crippen molar-refractivity contribution in [3.63, 3.8) is 0 Å². The molecule has 1 aliphatic heterocycles. The quantitative estimate of drug-likeness (QED) is 0.569. The first-order valence-electron chi connectivity index (χ1n) is 9.32. The lowest BCUT2D eigenvalue weighted by Gasteiger charge is -2.50. The van der Waals surface area contributed by atoms with Gasteiger partial charge in [-0.3, -0.25) is 14.5 Å². The van der Waals surface area contributed by atoms with Gasteiger partial charge in [-0.25, -0.2) is 0 Å². The van der Waals surface area contributed by atoms with Crippen molar-refractivity contribution >= 4 is 11.9 Å². The molecule has 154 valence electrons. The fourth-order valence-electron chi connectivity index (χ4n) is 3.62. The van der Waals surface area contributed by atoms with Crippen molar-refractivity contribution in [3.8, 4) is 11.5 Å². The van der Waals surface area contributed by atoms with E-state index in [1.807, 2.05) is 48.5 Å². The van der Waals surface area contributed by atoms with E-state index in [4.69, 9.17) is 14.2 Å². The molecule has 1 fully saturated rings. The third-order valence-electron chi connectivity index (χ3n) is 5.07. The van der Waals surface area contributed by atoms with E-state index >= 15 is 0 Å². The summed E-state index contributed by atoms with van der Waals surface area (Å²) in [5.41, 5.74) is 1.65. The topological polar surface area (TPSA) is 85.3 Å². The highest BCUT2D eigenvalue weighted by molar-refractivity contribution is 5.88. The van der Waals surface area contributed by atoms with Gasteiger partial charge in [-0.1, -0.05) is 24.3 Å². The Labute approximate surface area is 169 Å². The summed E-state index contributed by atoms with van der Waals surface area (Å²) in [4.78, 5) is 26.1. The van der Waals surface area contributed by atoms with E-state index in [1.165, 1.54) is 18.7 Å². The number of carbonyl (C=O) groups excluding carboxylic acids is 2. The van der Waals surface area contributed by atoms with Crippen LogP contribution in [-0.2, 0) is 14.3 Å². The number of β-lactam (4-membered cyclic amide) rings is 1. The van der Waals surface area contributed by atoms with E-state index in [0.29, 0.717) is 11.5 Å². The van der Waals surface area contributed by atoms with E-state index in [1.54, 1.807) is 14.2 Å². The summed E-state index contributed by atoms with van der Waals surface area (Å²) in [6.45, 7) is 2.81. The van der Waals surface area contributed by atoms with E-state index in [-0.39, 0.29) is 5.91 Å². The third-order valence-corrected chi connectivity index (χ3v) is 5.07. The first-order chi connectivity index (χ1) is 13.9. The van der Waals surface area contributed by atoms with Crippen LogP contribution in [0.4, 0.5) is 0 Å². The summed E-state index contributed by atoms with van der Waals surface area (Å²) in [7, 11) is 3.16. The van der Waals surface area contributed by atoms with Gasteiger partial charge in [0.05, 0.1) is 26.4 Å². The zero-order valence-corrected chi connectivity index (χ0v) is 16.9. The molecular weight excluding hydrogens is 374 g/mol. The molecule has 1 heterocycles. The van der Waals surface area contributed by atoms with Crippen LogP contribution in [-0.4, -0.2) is 48.4 Å². The Balaban J connectivity index is 2.05. The second kappa shape index (κ2) is 8.53. The Morgan fingerprint density at radius 3 is 1.76 bits per heavy atom. The number of esters is 1. The third kappa shape index (κ3) is 4.05. The molecule has 0 bridgehead atoms.